The molecule has 0 fully saturated rings. The average molecular weight is 813 g/mol. The van der Waals surface area contributed by atoms with E-state index in [1.807, 2.05) is 14.2 Å². The van der Waals surface area contributed by atoms with Crippen LogP contribution in [0.25, 0.3) is 98.5 Å². The maximum atomic E-state index is 6.66. The van der Waals surface area contributed by atoms with E-state index >= 15 is 0 Å². The fourth-order valence-corrected chi connectivity index (χ4v) is 10.3. The predicted molar refractivity (Wildman–Crippen MR) is 265 cm³/mol. The maximum Gasteiger partial charge on any atom is 0.135 e. The number of ether oxygens (including phenoxy) is 2. The summed E-state index contributed by atoms with van der Waals surface area (Å²) >= 11 is 0. The van der Waals surface area contributed by atoms with Crippen LogP contribution in [-0.4, -0.2) is 23.4 Å². The van der Waals surface area contributed by atoms with E-state index in [9.17, 15) is 0 Å². The van der Waals surface area contributed by atoms with Crippen LogP contribution in [0.4, 0.5) is 0 Å². The normalized spacial score (nSPS) is 11.9. The molecule has 0 spiro atoms. The second kappa shape index (κ2) is 17.1. The van der Waals surface area contributed by atoms with Crippen LogP contribution < -0.4 is 9.47 Å². The molecule has 0 aliphatic rings. The number of hydrogen-bond donors (Lipinski definition) is 0. The molecule has 0 radical (unpaired) electrons. The van der Waals surface area contributed by atoms with Gasteiger partial charge in [-0.05, 0) is 94.0 Å². The van der Waals surface area contributed by atoms with Crippen LogP contribution >= 0.6 is 0 Å². The van der Waals surface area contributed by atoms with E-state index in [0.717, 1.165) is 79.5 Å². The summed E-state index contributed by atoms with van der Waals surface area (Å²) in [5.74, 6) is 1.68. The highest BCUT2D eigenvalue weighted by Crippen LogP contribution is 2.53. The number of aryl methyl sites for hydroxylation is 2. The van der Waals surface area contributed by atoms with E-state index in [1.54, 1.807) is 0 Å². The number of unbranched alkanes of at least 4 members (excludes halogenated alkanes) is 6. The fraction of sp³-hybridized carbons (Fsp3) is 0.241. The molecule has 0 atom stereocenters. The number of hydrogen-bond acceptors (Lipinski definition) is 2. The minimum absolute atomic E-state index is 0.841. The number of nitrogens with zero attached hydrogens (tertiary/aromatic N) is 2. The van der Waals surface area contributed by atoms with Gasteiger partial charge in [-0.1, -0.05) is 149 Å². The Balaban J connectivity index is 1.19. The third kappa shape index (κ3) is 6.77. The highest BCUT2D eigenvalue weighted by atomic mass is 16.5. The van der Waals surface area contributed by atoms with Crippen LogP contribution in [0, 0.1) is 0 Å². The lowest BCUT2D eigenvalue weighted by Crippen LogP contribution is -1.99. The Morgan fingerprint density at radius 1 is 0.371 bits per heavy atom. The average Bonchev–Trinajstić information content (AvgIpc) is 3.81. The number of aromatic nitrogens is 2. The molecule has 2 aromatic heterocycles. The Bertz CT molecular complexity index is 3040. The van der Waals surface area contributed by atoms with Gasteiger partial charge < -0.3 is 18.6 Å². The predicted octanol–water partition coefficient (Wildman–Crippen LogP) is 16.4. The van der Waals surface area contributed by atoms with Crippen molar-refractivity contribution in [3.05, 3.63) is 146 Å². The molecule has 0 aliphatic heterocycles. The zero-order valence-electron chi connectivity index (χ0n) is 36.6. The lowest BCUT2D eigenvalue weighted by atomic mass is 9.86. The lowest BCUT2D eigenvalue weighted by molar-refractivity contribution is 0.413. The lowest BCUT2D eigenvalue weighted by Gasteiger charge is -2.23. The molecular weight excluding hydrogens is 757 g/mol. The van der Waals surface area contributed by atoms with Gasteiger partial charge in [0.15, 0.2) is 0 Å². The number of para-hydroxylation sites is 2. The van der Waals surface area contributed by atoms with E-state index in [0.29, 0.717) is 0 Å². The Kier molecular flexibility index (Phi) is 10.9. The molecule has 0 saturated carbocycles. The van der Waals surface area contributed by atoms with Gasteiger partial charge in [-0.25, -0.2) is 0 Å². The number of fused-ring (bicyclic) bond motifs is 8. The van der Waals surface area contributed by atoms with Gasteiger partial charge in [0, 0.05) is 79.0 Å². The van der Waals surface area contributed by atoms with Gasteiger partial charge in [-0.2, -0.15) is 0 Å². The van der Waals surface area contributed by atoms with Gasteiger partial charge in [0.2, 0.25) is 0 Å². The van der Waals surface area contributed by atoms with Crippen molar-refractivity contribution in [2.24, 2.45) is 0 Å². The van der Waals surface area contributed by atoms with Crippen molar-refractivity contribution in [1.82, 2.24) is 9.13 Å². The van der Waals surface area contributed by atoms with Gasteiger partial charge in [-0.3, -0.25) is 0 Å². The third-order valence-electron chi connectivity index (χ3n) is 13.3. The van der Waals surface area contributed by atoms with E-state index in [4.69, 9.17) is 9.47 Å². The first-order valence-electron chi connectivity index (χ1n) is 22.9. The Labute approximate surface area is 365 Å². The Hall–Kier alpha value is -6.52. The molecule has 0 saturated heterocycles. The smallest absolute Gasteiger partial charge is 0.135 e. The Morgan fingerprint density at radius 2 is 0.758 bits per heavy atom. The summed E-state index contributed by atoms with van der Waals surface area (Å²) in [4.78, 5) is 0. The van der Waals surface area contributed by atoms with Crippen molar-refractivity contribution in [2.45, 2.75) is 78.3 Å². The second-order valence-corrected chi connectivity index (χ2v) is 17.0. The summed E-state index contributed by atoms with van der Waals surface area (Å²) in [5.41, 5.74) is 11.6. The molecule has 0 bridgehead atoms. The van der Waals surface area contributed by atoms with Crippen LogP contribution in [0.2, 0.25) is 0 Å². The first-order valence-corrected chi connectivity index (χ1v) is 22.9. The molecule has 0 amide bonds. The molecule has 10 rings (SSSR count). The second-order valence-electron chi connectivity index (χ2n) is 17.0. The van der Waals surface area contributed by atoms with E-state index in [-0.39, 0.29) is 0 Å². The Morgan fingerprint density at radius 3 is 1.18 bits per heavy atom. The molecule has 0 N–H and O–H groups in total. The molecule has 62 heavy (non-hydrogen) atoms. The first-order chi connectivity index (χ1) is 30.6. The van der Waals surface area contributed by atoms with Crippen molar-refractivity contribution in [1.29, 1.82) is 0 Å². The highest BCUT2D eigenvalue weighted by Gasteiger charge is 2.26. The number of rotatable bonds is 15. The molecule has 2 heterocycles. The van der Waals surface area contributed by atoms with Crippen molar-refractivity contribution in [3.63, 3.8) is 0 Å². The summed E-state index contributed by atoms with van der Waals surface area (Å²) in [5, 5.41) is 9.68. The van der Waals surface area contributed by atoms with E-state index in [1.165, 1.54) is 95.0 Å². The maximum absolute atomic E-state index is 6.66. The SMILES string of the molecule is CCCCCCn1c2ccccc2c2cc(-c3cc4ccccc4c(-c4c(OC)c(-c5ccc6c(c5)c5ccccc5n6CCCCCC)cc5ccccc45)c3OC)ccc21. The molecule has 0 unspecified atom stereocenters. The number of benzene rings is 8. The summed E-state index contributed by atoms with van der Waals surface area (Å²) in [7, 11) is 3.64. The quantitative estimate of drug-likeness (QED) is 0.0965. The first kappa shape index (κ1) is 39.6. The van der Waals surface area contributed by atoms with Crippen LogP contribution in [0.15, 0.2) is 146 Å². The fourth-order valence-electron chi connectivity index (χ4n) is 10.3. The molecule has 310 valence electrons. The highest BCUT2D eigenvalue weighted by molar-refractivity contribution is 6.16. The van der Waals surface area contributed by atoms with Crippen LogP contribution in [0.5, 0.6) is 11.5 Å². The van der Waals surface area contributed by atoms with Gasteiger partial charge >= 0.3 is 0 Å². The largest absolute Gasteiger partial charge is 0.495 e. The van der Waals surface area contributed by atoms with Crippen molar-refractivity contribution in [3.8, 4) is 44.9 Å². The van der Waals surface area contributed by atoms with E-state index in [2.05, 4.69) is 169 Å². The standard InChI is InChI=1S/C58H56N2O2/c1-5-7-9-19-33-59-51-27-17-15-25-45(51)49-37-41(29-31-53(49)59)47-35-39-21-11-13-23-43(39)55(57(47)61-3)56-44-24-14-12-22-40(44)36-48(58(56)62-4)42-30-32-54-50(38-42)46-26-16-18-28-52(46)60(54)34-20-10-8-6-2/h11-18,21-32,35-38H,5-10,19-20,33-34H2,1-4H3. The summed E-state index contributed by atoms with van der Waals surface area (Å²) in [6, 6.07) is 53.9. The van der Waals surface area contributed by atoms with Crippen LogP contribution in [0.1, 0.15) is 65.2 Å². The summed E-state index contributed by atoms with van der Waals surface area (Å²) < 4.78 is 18.4. The number of methoxy groups -OCH3 is 2. The molecule has 8 aromatic carbocycles. The minimum atomic E-state index is 0.841. The molecular formula is C58H56N2O2. The van der Waals surface area contributed by atoms with Gasteiger partial charge in [0.25, 0.3) is 0 Å². The van der Waals surface area contributed by atoms with Crippen molar-refractivity contribution in [2.75, 3.05) is 14.2 Å². The third-order valence-corrected chi connectivity index (χ3v) is 13.3. The molecule has 4 heteroatoms. The summed E-state index contributed by atoms with van der Waals surface area (Å²) in [6.45, 7) is 6.59. The topological polar surface area (TPSA) is 28.3 Å². The van der Waals surface area contributed by atoms with Gasteiger partial charge in [-0.15, -0.1) is 0 Å². The molecule has 0 aliphatic carbocycles. The zero-order chi connectivity index (χ0) is 42.2. The monoisotopic (exact) mass is 812 g/mol. The molecule has 10 aromatic rings. The minimum Gasteiger partial charge on any atom is -0.495 e. The van der Waals surface area contributed by atoms with Crippen molar-refractivity contribution >= 4 is 65.2 Å². The van der Waals surface area contributed by atoms with Crippen LogP contribution in [-0.2, 0) is 13.1 Å². The zero-order valence-corrected chi connectivity index (χ0v) is 36.6. The van der Waals surface area contributed by atoms with Crippen LogP contribution in [0.3, 0.4) is 0 Å². The van der Waals surface area contributed by atoms with Gasteiger partial charge in [0.05, 0.1) is 14.2 Å². The summed E-state index contributed by atoms with van der Waals surface area (Å²) in [6.07, 6.45) is 9.86. The van der Waals surface area contributed by atoms with Gasteiger partial charge in [0.1, 0.15) is 11.5 Å². The van der Waals surface area contributed by atoms with Crippen molar-refractivity contribution < 1.29 is 9.47 Å². The molecule has 4 nitrogen and oxygen atoms in total. The van der Waals surface area contributed by atoms with E-state index < -0.39 is 0 Å².